The Morgan fingerprint density at radius 1 is 0.771 bits per heavy atom. The summed E-state index contributed by atoms with van der Waals surface area (Å²) in [6.45, 7) is 12.7. The predicted molar refractivity (Wildman–Crippen MR) is 182 cm³/mol. The van der Waals surface area contributed by atoms with E-state index < -0.39 is 12.2 Å². The molecular weight excluding hydrogens is 614 g/mol. The lowest BCUT2D eigenvalue weighted by Gasteiger charge is -2.16. The number of methoxy groups -OCH3 is 2. The number of nitrogens with zero attached hydrogens (tertiary/aromatic N) is 1. The Kier molecular flexibility index (Phi) is 14.7. The normalized spacial score (nSPS) is 12.0. The van der Waals surface area contributed by atoms with E-state index in [1.807, 2.05) is 84.0 Å². The number of benzene rings is 3. The number of carbonyl (C=O) groups is 2. The van der Waals surface area contributed by atoms with E-state index in [1.165, 1.54) is 14.2 Å². The Morgan fingerprint density at radius 2 is 1.33 bits per heavy atom. The lowest BCUT2D eigenvalue weighted by molar-refractivity contribution is -0.154. The molecule has 10 nitrogen and oxygen atoms in total. The fraction of sp³-hybridized carbons (Fsp3) is 0.395. The highest BCUT2D eigenvalue weighted by atomic mass is 16.6. The Balaban J connectivity index is 0.000000311. The van der Waals surface area contributed by atoms with Gasteiger partial charge in [0, 0.05) is 31.6 Å². The van der Waals surface area contributed by atoms with E-state index in [9.17, 15) is 14.7 Å². The summed E-state index contributed by atoms with van der Waals surface area (Å²) in [5, 5.41) is 9.31. The van der Waals surface area contributed by atoms with Gasteiger partial charge in [-0.25, -0.2) is 14.6 Å². The molecule has 0 aliphatic rings. The molecule has 0 aliphatic heterocycles. The summed E-state index contributed by atoms with van der Waals surface area (Å²) in [5.41, 5.74) is 6.78. The van der Waals surface area contributed by atoms with Gasteiger partial charge in [-0.2, -0.15) is 0 Å². The summed E-state index contributed by atoms with van der Waals surface area (Å²) in [4.78, 5) is 28.0. The maximum Gasteiger partial charge on any atom is 0.335 e. The molecule has 0 bridgehead atoms. The molecule has 4 rings (SSSR count). The molecule has 0 amide bonds. The van der Waals surface area contributed by atoms with E-state index in [2.05, 4.69) is 9.72 Å². The first-order valence-corrected chi connectivity index (χ1v) is 15.9. The van der Waals surface area contributed by atoms with E-state index in [0.29, 0.717) is 38.6 Å². The lowest BCUT2D eigenvalue weighted by atomic mass is 10.0. The molecule has 0 saturated heterocycles. The van der Waals surface area contributed by atoms with Crippen LogP contribution in [0, 0.1) is 27.7 Å². The number of oxazole rings is 1. The maximum atomic E-state index is 11.9. The number of ether oxygens (including phenoxy) is 5. The first-order chi connectivity index (χ1) is 23.0. The van der Waals surface area contributed by atoms with Crippen LogP contribution in [0.2, 0.25) is 0 Å². The summed E-state index contributed by atoms with van der Waals surface area (Å²) in [6.07, 6.45) is -0.298. The summed E-state index contributed by atoms with van der Waals surface area (Å²) in [6, 6.07) is 18.8. The van der Waals surface area contributed by atoms with Gasteiger partial charge in [0.1, 0.15) is 29.6 Å². The number of aromatic nitrogens is 1. The number of hydrogen-bond donors (Lipinski definition) is 1. The second-order valence-corrected chi connectivity index (χ2v) is 11.2. The van der Waals surface area contributed by atoms with Gasteiger partial charge in [-0.15, -0.1) is 0 Å². The molecule has 0 fully saturated rings. The van der Waals surface area contributed by atoms with Crippen LogP contribution in [0.4, 0.5) is 0 Å². The topological polar surface area (TPSA) is 127 Å². The van der Waals surface area contributed by atoms with Crippen LogP contribution in [0.3, 0.4) is 0 Å². The molecule has 1 aromatic heterocycles. The smallest absolute Gasteiger partial charge is 0.335 e. The van der Waals surface area contributed by atoms with Crippen molar-refractivity contribution in [3.63, 3.8) is 0 Å². The van der Waals surface area contributed by atoms with Crippen LogP contribution in [0.1, 0.15) is 53.1 Å². The van der Waals surface area contributed by atoms with Crippen molar-refractivity contribution in [1.82, 2.24) is 4.98 Å². The van der Waals surface area contributed by atoms with E-state index in [0.717, 1.165) is 50.6 Å². The molecule has 258 valence electrons. The number of aromatic hydroxyl groups is 1. The zero-order valence-electron chi connectivity index (χ0n) is 29.1. The van der Waals surface area contributed by atoms with Gasteiger partial charge in [0.25, 0.3) is 0 Å². The van der Waals surface area contributed by atoms with Crippen molar-refractivity contribution in [2.45, 2.75) is 73.2 Å². The van der Waals surface area contributed by atoms with E-state index in [4.69, 9.17) is 23.4 Å². The van der Waals surface area contributed by atoms with Crippen molar-refractivity contribution in [2.75, 3.05) is 27.4 Å². The summed E-state index contributed by atoms with van der Waals surface area (Å²) in [5.74, 6) is 1.55. The van der Waals surface area contributed by atoms with Gasteiger partial charge in [-0.3, -0.25) is 0 Å². The van der Waals surface area contributed by atoms with Crippen LogP contribution >= 0.6 is 0 Å². The van der Waals surface area contributed by atoms with Gasteiger partial charge in [0.15, 0.2) is 12.2 Å². The van der Waals surface area contributed by atoms with Crippen LogP contribution in [0.25, 0.3) is 11.5 Å². The minimum Gasteiger partial charge on any atom is -0.508 e. The van der Waals surface area contributed by atoms with Crippen LogP contribution < -0.4 is 4.74 Å². The minimum atomic E-state index is -0.613. The van der Waals surface area contributed by atoms with Crippen LogP contribution in [-0.2, 0) is 48.0 Å². The average Bonchev–Trinajstić information content (AvgIpc) is 3.44. The number of phenolic OH excluding ortho intramolecular Hbond substituents is 1. The first kappa shape index (κ1) is 37.8. The third kappa shape index (κ3) is 10.7. The maximum absolute atomic E-state index is 11.9. The molecule has 0 saturated carbocycles. The molecular formula is C38H47NO9. The fourth-order valence-corrected chi connectivity index (χ4v) is 5.02. The Labute approximate surface area is 283 Å². The predicted octanol–water partition coefficient (Wildman–Crippen LogP) is 6.79. The third-order valence-corrected chi connectivity index (χ3v) is 7.76. The minimum absolute atomic E-state index is 0.220. The third-order valence-electron chi connectivity index (χ3n) is 7.76. The highest BCUT2D eigenvalue weighted by Crippen LogP contribution is 2.26. The molecule has 4 aromatic rings. The Bertz CT molecular complexity index is 1650. The molecule has 2 atom stereocenters. The van der Waals surface area contributed by atoms with Crippen LogP contribution in [0.5, 0.6) is 11.5 Å². The molecule has 0 radical (unpaired) electrons. The monoisotopic (exact) mass is 661 g/mol. The molecule has 10 heteroatoms. The van der Waals surface area contributed by atoms with Gasteiger partial charge in [0.2, 0.25) is 5.89 Å². The Morgan fingerprint density at radius 3 is 1.85 bits per heavy atom. The quantitative estimate of drug-likeness (QED) is 0.144. The molecule has 1 heterocycles. The molecule has 48 heavy (non-hydrogen) atoms. The van der Waals surface area contributed by atoms with Gasteiger partial charge in [-0.05, 0) is 99.7 Å². The Hall–Kier alpha value is -4.67. The van der Waals surface area contributed by atoms with E-state index in [1.54, 1.807) is 18.2 Å². The number of aryl methyl sites for hydroxylation is 4. The summed E-state index contributed by atoms with van der Waals surface area (Å²) >= 11 is 0. The number of phenols is 1. The van der Waals surface area contributed by atoms with Crippen molar-refractivity contribution >= 4 is 11.9 Å². The number of rotatable bonds is 14. The van der Waals surface area contributed by atoms with Crippen molar-refractivity contribution in [3.05, 3.63) is 99.9 Å². The summed E-state index contributed by atoms with van der Waals surface area (Å²) < 4.78 is 32.2. The second kappa shape index (κ2) is 18.6. The fourth-order valence-electron chi connectivity index (χ4n) is 5.02. The van der Waals surface area contributed by atoms with Gasteiger partial charge < -0.3 is 33.2 Å². The zero-order valence-corrected chi connectivity index (χ0v) is 29.1. The molecule has 3 aromatic carbocycles. The second-order valence-electron chi connectivity index (χ2n) is 11.2. The average molecular weight is 662 g/mol. The van der Waals surface area contributed by atoms with Crippen molar-refractivity contribution < 1.29 is 42.8 Å². The molecule has 1 N–H and O–H groups in total. The molecule has 0 aliphatic carbocycles. The lowest BCUT2D eigenvalue weighted by Crippen LogP contribution is -2.28. The SMILES string of the molecule is CCO[C@@H](Cc1ccc(O)cc1C)C(=O)OC.CCO[C@@H](Cc1ccc(OCc2nc(-c3ccccc3C)oc2C)cc1C)C(=O)OC. The standard InChI is InChI=1S/C25H29NO5.C13H18O4/c1-6-29-23(25(27)28-5)14-19-11-12-20(13-17(19)3)30-15-22-18(4)31-24(26-22)21-10-8-7-9-16(21)2;1-4-17-12(13(15)16-3)8-10-5-6-11(14)7-9(10)2/h7-13,23H,6,14-15H2,1-5H3;5-7,12,14H,4,8H2,1-3H3/t23-;12-/m00/s1. The molecule has 0 unspecified atom stereocenters. The van der Waals surface area contributed by atoms with Gasteiger partial charge in [-0.1, -0.05) is 30.3 Å². The summed E-state index contributed by atoms with van der Waals surface area (Å²) in [7, 11) is 2.71. The number of esters is 2. The highest BCUT2D eigenvalue weighted by Gasteiger charge is 2.22. The highest BCUT2D eigenvalue weighted by molar-refractivity contribution is 5.75. The zero-order chi connectivity index (χ0) is 35.2. The molecule has 0 spiro atoms. The number of carbonyl (C=O) groups excluding carboxylic acids is 2. The van der Waals surface area contributed by atoms with Gasteiger partial charge in [0.05, 0.1) is 14.2 Å². The van der Waals surface area contributed by atoms with Crippen LogP contribution in [-0.4, -0.2) is 61.7 Å². The van der Waals surface area contributed by atoms with Crippen molar-refractivity contribution in [3.8, 4) is 23.0 Å². The first-order valence-electron chi connectivity index (χ1n) is 15.9. The van der Waals surface area contributed by atoms with Crippen LogP contribution in [0.15, 0.2) is 65.1 Å². The number of hydrogen-bond acceptors (Lipinski definition) is 10. The largest absolute Gasteiger partial charge is 0.508 e. The van der Waals surface area contributed by atoms with E-state index in [-0.39, 0.29) is 17.7 Å². The van der Waals surface area contributed by atoms with E-state index >= 15 is 0 Å². The van der Waals surface area contributed by atoms with Gasteiger partial charge >= 0.3 is 11.9 Å². The van der Waals surface area contributed by atoms with Crippen molar-refractivity contribution in [1.29, 1.82) is 0 Å². The van der Waals surface area contributed by atoms with Crippen molar-refractivity contribution in [2.24, 2.45) is 0 Å².